The lowest BCUT2D eigenvalue weighted by atomic mass is 10.4. The van der Waals surface area contributed by atoms with Crippen LogP contribution in [-0.4, -0.2) is 11.6 Å². The molecule has 1 heterocycles. The third-order valence-corrected chi connectivity index (χ3v) is 2.50. The minimum Gasteiger partial charge on any atom is -0.376 e. The van der Waals surface area contributed by atoms with Crippen LogP contribution in [0.3, 0.4) is 0 Å². The maximum absolute atomic E-state index is 5.65. The van der Waals surface area contributed by atoms with Crippen molar-refractivity contribution in [3.63, 3.8) is 0 Å². The van der Waals surface area contributed by atoms with Crippen LogP contribution >= 0.6 is 22.9 Å². The third-order valence-electron chi connectivity index (χ3n) is 1.41. The van der Waals surface area contributed by atoms with Gasteiger partial charge >= 0.3 is 0 Å². The van der Waals surface area contributed by atoms with Crippen molar-refractivity contribution in [1.82, 2.24) is 4.98 Å². The van der Waals surface area contributed by atoms with E-state index in [1.807, 2.05) is 0 Å². The smallest absolute Gasteiger partial charge is 0.183 e. The number of halogens is 1. The Kier molecular flexibility index (Phi) is 4.58. The second-order valence-corrected chi connectivity index (χ2v) is 4.18. The zero-order chi connectivity index (χ0) is 8.81. The van der Waals surface area contributed by atoms with Gasteiger partial charge in [-0.2, -0.15) is 0 Å². The Labute approximate surface area is 81.5 Å². The highest BCUT2D eigenvalue weighted by Gasteiger charge is 1.98. The molecule has 0 aliphatic heterocycles. The number of ether oxygens (including phenoxy) is 1. The summed E-state index contributed by atoms with van der Waals surface area (Å²) in [5.41, 5.74) is 0. The second-order valence-electron chi connectivity index (χ2n) is 2.49. The summed E-state index contributed by atoms with van der Waals surface area (Å²) in [6.45, 7) is 3.61. The van der Waals surface area contributed by atoms with Gasteiger partial charge in [-0.25, -0.2) is 4.98 Å². The molecule has 1 rings (SSSR count). The van der Waals surface area contributed by atoms with E-state index in [-0.39, 0.29) is 0 Å². The van der Waals surface area contributed by atoms with Crippen molar-refractivity contribution in [3.8, 4) is 0 Å². The van der Waals surface area contributed by atoms with E-state index in [0.29, 0.717) is 11.1 Å². The molecule has 1 aromatic heterocycles. The molecular formula is C8H12ClNOS. The number of unbranched alkanes of at least 4 members (excludes halogenated alkanes) is 1. The van der Waals surface area contributed by atoms with E-state index in [1.54, 1.807) is 6.20 Å². The standard InChI is InChI=1S/C8H12ClNOS/c1-2-3-4-11-6-7-5-10-8(9)12-7/h5H,2-4,6H2,1H3. The van der Waals surface area contributed by atoms with Gasteiger partial charge in [-0.3, -0.25) is 0 Å². The van der Waals surface area contributed by atoms with Gasteiger partial charge in [0.2, 0.25) is 0 Å². The monoisotopic (exact) mass is 205 g/mol. The first-order chi connectivity index (χ1) is 5.83. The Morgan fingerprint density at radius 3 is 3.08 bits per heavy atom. The fourth-order valence-corrected chi connectivity index (χ4v) is 1.69. The molecule has 0 aliphatic carbocycles. The van der Waals surface area contributed by atoms with Crippen LogP contribution in [0, 0.1) is 0 Å². The SMILES string of the molecule is CCCCOCc1cnc(Cl)s1. The lowest BCUT2D eigenvalue weighted by molar-refractivity contribution is 0.120. The first kappa shape index (κ1) is 9.96. The van der Waals surface area contributed by atoms with Crippen molar-refractivity contribution in [2.24, 2.45) is 0 Å². The largest absolute Gasteiger partial charge is 0.376 e. The highest BCUT2D eigenvalue weighted by Crippen LogP contribution is 2.18. The normalized spacial score (nSPS) is 10.5. The summed E-state index contributed by atoms with van der Waals surface area (Å²) in [5.74, 6) is 0. The Bertz CT molecular complexity index is 227. The van der Waals surface area contributed by atoms with E-state index in [1.165, 1.54) is 17.8 Å². The van der Waals surface area contributed by atoms with Crippen LogP contribution in [0.25, 0.3) is 0 Å². The first-order valence-corrected chi connectivity index (χ1v) is 5.20. The van der Waals surface area contributed by atoms with Gasteiger partial charge in [0.15, 0.2) is 4.47 Å². The Morgan fingerprint density at radius 2 is 2.50 bits per heavy atom. The molecule has 0 amide bonds. The summed E-state index contributed by atoms with van der Waals surface area (Å²) in [5, 5.41) is 0. The number of hydrogen-bond donors (Lipinski definition) is 0. The van der Waals surface area contributed by atoms with Crippen molar-refractivity contribution in [3.05, 3.63) is 15.5 Å². The summed E-state index contributed by atoms with van der Waals surface area (Å²) in [7, 11) is 0. The van der Waals surface area contributed by atoms with Gasteiger partial charge in [-0.05, 0) is 6.42 Å². The maximum atomic E-state index is 5.65. The highest BCUT2D eigenvalue weighted by molar-refractivity contribution is 7.15. The van der Waals surface area contributed by atoms with Gasteiger partial charge in [0.05, 0.1) is 11.5 Å². The van der Waals surface area contributed by atoms with E-state index in [9.17, 15) is 0 Å². The number of nitrogens with zero attached hydrogens (tertiary/aromatic N) is 1. The van der Waals surface area contributed by atoms with Gasteiger partial charge in [0.25, 0.3) is 0 Å². The summed E-state index contributed by atoms with van der Waals surface area (Å²) >= 11 is 7.13. The molecule has 0 spiro atoms. The van der Waals surface area contributed by atoms with Crippen molar-refractivity contribution >= 4 is 22.9 Å². The van der Waals surface area contributed by atoms with Crippen molar-refractivity contribution in [1.29, 1.82) is 0 Å². The van der Waals surface area contributed by atoms with Gasteiger partial charge in [-0.15, -0.1) is 11.3 Å². The molecule has 68 valence electrons. The van der Waals surface area contributed by atoms with Crippen molar-refractivity contribution < 1.29 is 4.74 Å². The maximum Gasteiger partial charge on any atom is 0.183 e. The molecule has 0 saturated carbocycles. The predicted molar refractivity (Wildman–Crippen MR) is 51.7 cm³/mol. The van der Waals surface area contributed by atoms with Crippen LogP contribution in [0.5, 0.6) is 0 Å². The average Bonchev–Trinajstić information content (AvgIpc) is 2.45. The zero-order valence-corrected chi connectivity index (χ0v) is 8.62. The highest BCUT2D eigenvalue weighted by atomic mass is 35.5. The second kappa shape index (κ2) is 5.51. The number of aromatic nitrogens is 1. The van der Waals surface area contributed by atoms with E-state index in [4.69, 9.17) is 16.3 Å². The topological polar surface area (TPSA) is 22.1 Å². The minimum absolute atomic E-state index is 0.587. The van der Waals surface area contributed by atoms with Crippen molar-refractivity contribution in [2.75, 3.05) is 6.61 Å². The molecule has 4 heteroatoms. The van der Waals surface area contributed by atoms with Crippen LogP contribution in [0.4, 0.5) is 0 Å². The summed E-state index contributed by atoms with van der Waals surface area (Å²) < 4.78 is 5.97. The van der Waals surface area contributed by atoms with Crippen molar-refractivity contribution in [2.45, 2.75) is 26.4 Å². The van der Waals surface area contributed by atoms with E-state index >= 15 is 0 Å². The number of thiazole rings is 1. The Balaban J connectivity index is 2.15. The zero-order valence-electron chi connectivity index (χ0n) is 7.05. The third kappa shape index (κ3) is 3.52. The van der Waals surface area contributed by atoms with Crippen LogP contribution < -0.4 is 0 Å². The molecule has 12 heavy (non-hydrogen) atoms. The molecule has 2 nitrogen and oxygen atoms in total. The Hall–Kier alpha value is -0.120. The van der Waals surface area contributed by atoms with Gasteiger partial charge in [0.1, 0.15) is 0 Å². The number of hydrogen-bond acceptors (Lipinski definition) is 3. The summed E-state index contributed by atoms with van der Waals surface area (Å²) in [6, 6.07) is 0. The molecule has 0 aromatic carbocycles. The molecule has 0 atom stereocenters. The molecule has 0 saturated heterocycles. The van der Waals surface area contributed by atoms with E-state index < -0.39 is 0 Å². The summed E-state index contributed by atoms with van der Waals surface area (Å²) in [4.78, 5) is 5.01. The van der Waals surface area contributed by atoms with Crippen LogP contribution in [0.15, 0.2) is 6.20 Å². The molecule has 0 N–H and O–H groups in total. The molecule has 0 bridgehead atoms. The molecule has 0 radical (unpaired) electrons. The fraction of sp³-hybridized carbons (Fsp3) is 0.625. The van der Waals surface area contributed by atoms with E-state index in [0.717, 1.165) is 17.9 Å². The van der Waals surface area contributed by atoms with Gasteiger partial charge < -0.3 is 4.74 Å². The molecule has 0 fully saturated rings. The van der Waals surface area contributed by atoms with Crippen LogP contribution in [0.2, 0.25) is 4.47 Å². The molecule has 0 unspecified atom stereocenters. The van der Waals surface area contributed by atoms with Crippen LogP contribution in [0.1, 0.15) is 24.6 Å². The fourth-order valence-electron chi connectivity index (χ4n) is 0.770. The van der Waals surface area contributed by atoms with Gasteiger partial charge in [0, 0.05) is 12.8 Å². The molecular weight excluding hydrogens is 194 g/mol. The lowest BCUT2D eigenvalue weighted by Gasteiger charge is -1.98. The summed E-state index contributed by atoms with van der Waals surface area (Å²) in [6.07, 6.45) is 4.05. The first-order valence-electron chi connectivity index (χ1n) is 4.01. The van der Waals surface area contributed by atoms with Crippen LogP contribution in [-0.2, 0) is 11.3 Å². The minimum atomic E-state index is 0.587. The molecule has 1 aromatic rings. The predicted octanol–water partition coefficient (Wildman–Crippen LogP) is 3.11. The average molecular weight is 206 g/mol. The van der Waals surface area contributed by atoms with Gasteiger partial charge in [-0.1, -0.05) is 24.9 Å². The molecule has 0 aliphatic rings. The Morgan fingerprint density at radius 1 is 1.67 bits per heavy atom. The van der Waals surface area contributed by atoms with E-state index in [2.05, 4.69) is 11.9 Å². The number of rotatable bonds is 5. The quantitative estimate of drug-likeness (QED) is 0.690. The lowest BCUT2D eigenvalue weighted by Crippen LogP contribution is -1.92.